The van der Waals surface area contributed by atoms with E-state index in [1.807, 2.05) is 18.2 Å². The number of hydrogen-bond donors (Lipinski definition) is 1. The molecule has 1 heterocycles. The fraction of sp³-hybridized carbons (Fsp3) is 0.548. The first-order valence-electron chi connectivity index (χ1n) is 13.9. The average Bonchev–Trinajstić information content (AvgIpc) is 3.21. The molecule has 2 aromatic carbocycles. The molecule has 0 aliphatic rings. The molecule has 0 aliphatic carbocycles. The molecule has 0 spiro atoms. The Morgan fingerprint density at radius 1 is 0.829 bits per heavy atom. The van der Waals surface area contributed by atoms with Crippen molar-refractivity contribution in [2.24, 2.45) is 0 Å². The van der Waals surface area contributed by atoms with Gasteiger partial charge in [-0.3, -0.25) is 4.79 Å². The maximum absolute atomic E-state index is 12.3. The number of nitrogens with zero attached hydrogens (tertiary/aromatic N) is 2. The number of aryl methyl sites for hydroxylation is 3. The predicted octanol–water partition coefficient (Wildman–Crippen LogP) is 7.56. The van der Waals surface area contributed by atoms with Gasteiger partial charge in [0.1, 0.15) is 5.82 Å². The van der Waals surface area contributed by atoms with Gasteiger partial charge in [0.2, 0.25) is 5.91 Å². The number of hydrogen-bond acceptors (Lipinski definition) is 2. The van der Waals surface area contributed by atoms with Gasteiger partial charge in [0.05, 0.1) is 17.5 Å². The van der Waals surface area contributed by atoms with Crippen LogP contribution in [0.15, 0.2) is 48.5 Å². The van der Waals surface area contributed by atoms with Crippen molar-refractivity contribution in [3.05, 3.63) is 65.5 Å². The Hall–Kier alpha value is -2.62. The molecule has 0 bridgehead atoms. The number of imidazole rings is 1. The van der Waals surface area contributed by atoms with E-state index in [4.69, 9.17) is 4.98 Å². The molecule has 3 rings (SSSR count). The van der Waals surface area contributed by atoms with Crippen LogP contribution in [0.1, 0.15) is 94.5 Å². The van der Waals surface area contributed by atoms with E-state index in [2.05, 4.69) is 54.1 Å². The summed E-state index contributed by atoms with van der Waals surface area (Å²) in [6.45, 7) is 6.16. The minimum Gasteiger partial charge on any atom is -0.356 e. The van der Waals surface area contributed by atoms with Gasteiger partial charge in [0.15, 0.2) is 0 Å². The van der Waals surface area contributed by atoms with Crippen LogP contribution in [-0.4, -0.2) is 22.0 Å². The van der Waals surface area contributed by atoms with E-state index in [-0.39, 0.29) is 5.91 Å². The van der Waals surface area contributed by atoms with E-state index in [0.717, 1.165) is 49.9 Å². The summed E-state index contributed by atoms with van der Waals surface area (Å²) in [5.74, 6) is 1.34. The van der Waals surface area contributed by atoms with Crippen LogP contribution in [0.25, 0.3) is 11.0 Å². The van der Waals surface area contributed by atoms with Crippen molar-refractivity contribution in [1.82, 2.24) is 14.9 Å². The van der Waals surface area contributed by atoms with E-state index >= 15 is 0 Å². The molecule has 0 fully saturated rings. The van der Waals surface area contributed by atoms with Crippen LogP contribution in [0, 0.1) is 6.92 Å². The lowest BCUT2D eigenvalue weighted by molar-refractivity contribution is -0.120. The minimum atomic E-state index is 0.117. The Morgan fingerprint density at radius 2 is 1.51 bits per heavy atom. The van der Waals surface area contributed by atoms with Gasteiger partial charge in [-0.1, -0.05) is 94.7 Å². The molecule has 0 aliphatic heterocycles. The molecule has 0 saturated heterocycles. The van der Waals surface area contributed by atoms with Crippen LogP contribution < -0.4 is 5.32 Å². The van der Waals surface area contributed by atoms with E-state index < -0.39 is 0 Å². The summed E-state index contributed by atoms with van der Waals surface area (Å²) < 4.78 is 2.45. The van der Waals surface area contributed by atoms with Gasteiger partial charge < -0.3 is 9.88 Å². The summed E-state index contributed by atoms with van der Waals surface area (Å²) in [4.78, 5) is 17.2. The molecule has 4 heteroatoms. The summed E-state index contributed by atoms with van der Waals surface area (Å²) in [6, 6.07) is 16.7. The lowest BCUT2D eigenvalue weighted by Gasteiger charge is -2.10. The third kappa shape index (κ3) is 9.16. The molecule has 0 saturated carbocycles. The second-order valence-corrected chi connectivity index (χ2v) is 9.91. The minimum absolute atomic E-state index is 0.117. The van der Waals surface area contributed by atoms with Crippen LogP contribution in [0.5, 0.6) is 0 Å². The molecule has 0 unspecified atom stereocenters. The number of carbonyl (C=O) groups is 1. The van der Waals surface area contributed by atoms with Crippen LogP contribution >= 0.6 is 0 Å². The van der Waals surface area contributed by atoms with Gasteiger partial charge in [0.25, 0.3) is 0 Å². The van der Waals surface area contributed by atoms with E-state index in [9.17, 15) is 4.79 Å². The zero-order chi connectivity index (χ0) is 24.7. The Balaban J connectivity index is 1.37. The van der Waals surface area contributed by atoms with E-state index in [1.165, 1.54) is 68.3 Å². The number of para-hydroxylation sites is 2. The Bertz CT molecular complexity index is 1020. The van der Waals surface area contributed by atoms with Crippen molar-refractivity contribution in [3.63, 3.8) is 0 Å². The number of rotatable bonds is 17. The zero-order valence-corrected chi connectivity index (χ0v) is 22.0. The summed E-state index contributed by atoms with van der Waals surface area (Å²) in [5, 5.41) is 3.09. The van der Waals surface area contributed by atoms with Gasteiger partial charge >= 0.3 is 0 Å². The molecule has 1 amide bonds. The molecule has 4 nitrogen and oxygen atoms in total. The molecule has 190 valence electrons. The van der Waals surface area contributed by atoms with Crippen LogP contribution in [-0.2, 0) is 24.2 Å². The van der Waals surface area contributed by atoms with Crippen molar-refractivity contribution < 1.29 is 4.79 Å². The topological polar surface area (TPSA) is 46.9 Å². The SMILES string of the molecule is CCCCCCCCCCn1c(CCCCCNC(=O)Cc2ccccc2C)nc2ccccc21. The number of fused-ring (bicyclic) bond motifs is 1. The van der Waals surface area contributed by atoms with Crippen molar-refractivity contribution in [3.8, 4) is 0 Å². The predicted molar refractivity (Wildman–Crippen MR) is 148 cm³/mol. The highest BCUT2D eigenvalue weighted by atomic mass is 16.1. The summed E-state index contributed by atoms with van der Waals surface area (Å²) in [5.41, 5.74) is 4.68. The van der Waals surface area contributed by atoms with Gasteiger partial charge in [-0.2, -0.15) is 0 Å². The van der Waals surface area contributed by atoms with Gasteiger partial charge in [-0.15, -0.1) is 0 Å². The summed E-state index contributed by atoms with van der Waals surface area (Å²) in [6.07, 6.45) is 15.4. The molecule has 3 aromatic rings. The van der Waals surface area contributed by atoms with Crippen LogP contribution in [0.2, 0.25) is 0 Å². The second-order valence-electron chi connectivity index (χ2n) is 9.91. The molecule has 1 N–H and O–H groups in total. The standard InChI is InChI=1S/C31H45N3O/c1-3-4-5-6-7-8-9-17-24-34-29-21-15-14-20-28(29)33-30(34)22-11-10-16-23-32-31(35)25-27-19-13-12-18-26(27)2/h12-15,18-21H,3-11,16-17,22-25H2,1-2H3,(H,32,35). The van der Waals surface area contributed by atoms with Crippen molar-refractivity contribution >= 4 is 16.9 Å². The first-order chi connectivity index (χ1) is 17.2. The largest absolute Gasteiger partial charge is 0.356 e. The lowest BCUT2D eigenvalue weighted by Crippen LogP contribution is -2.26. The third-order valence-corrected chi connectivity index (χ3v) is 6.98. The van der Waals surface area contributed by atoms with E-state index in [1.54, 1.807) is 0 Å². The van der Waals surface area contributed by atoms with Gasteiger partial charge in [-0.05, 0) is 49.4 Å². The number of nitrogens with one attached hydrogen (secondary N) is 1. The maximum atomic E-state index is 12.3. The second kappa shape index (κ2) is 15.4. The van der Waals surface area contributed by atoms with Gasteiger partial charge in [-0.25, -0.2) is 4.98 Å². The Kier molecular flexibility index (Phi) is 11.9. The first kappa shape index (κ1) is 27.0. The highest BCUT2D eigenvalue weighted by Crippen LogP contribution is 2.19. The number of amides is 1. The third-order valence-electron chi connectivity index (χ3n) is 6.98. The number of carbonyl (C=O) groups excluding carboxylic acids is 1. The summed E-state index contributed by atoms with van der Waals surface area (Å²) in [7, 11) is 0. The highest BCUT2D eigenvalue weighted by molar-refractivity contribution is 5.78. The highest BCUT2D eigenvalue weighted by Gasteiger charge is 2.10. The van der Waals surface area contributed by atoms with Crippen LogP contribution in [0.3, 0.4) is 0 Å². The Morgan fingerprint density at radius 3 is 2.31 bits per heavy atom. The molecule has 0 atom stereocenters. The van der Waals surface area contributed by atoms with Gasteiger partial charge in [0, 0.05) is 19.5 Å². The molecule has 1 aromatic heterocycles. The summed E-state index contributed by atoms with van der Waals surface area (Å²) >= 11 is 0. The van der Waals surface area contributed by atoms with Crippen molar-refractivity contribution in [2.75, 3.05) is 6.54 Å². The molecular weight excluding hydrogens is 430 g/mol. The van der Waals surface area contributed by atoms with Crippen molar-refractivity contribution in [2.45, 2.75) is 104 Å². The zero-order valence-electron chi connectivity index (χ0n) is 22.0. The van der Waals surface area contributed by atoms with E-state index in [0.29, 0.717) is 6.42 Å². The molecule has 0 radical (unpaired) electrons. The van der Waals surface area contributed by atoms with Crippen molar-refractivity contribution in [1.29, 1.82) is 0 Å². The Labute approximate surface area is 212 Å². The van der Waals surface area contributed by atoms with Crippen LogP contribution in [0.4, 0.5) is 0 Å². The normalized spacial score (nSPS) is 11.3. The fourth-order valence-electron chi connectivity index (χ4n) is 4.83. The first-order valence-corrected chi connectivity index (χ1v) is 13.9. The maximum Gasteiger partial charge on any atom is 0.224 e. The fourth-order valence-corrected chi connectivity index (χ4v) is 4.83. The quantitative estimate of drug-likeness (QED) is 0.205. The average molecular weight is 476 g/mol. The molecular formula is C31H45N3O. The lowest BCUT2D eigenvalue weighted by atomic mass is 10.1. The number of unbranched alkanes of at least 4 members (excludes halogenated alkanes) is 9. The smallest absolute Gasteiger partial charge is 0.224 e. The number of benzene rings is 2. The monoisotopic (exact) mass is 475 g/mol. The molecule has 35 heavy (non-hydrogen) atoms. The number of aromatic nitrogens is 2.